The lowest BCUT2D eigenvalue weighted by atomic mass is 10.1. The SMILES string of the molecule is COc1cc(C(=O)N2CCSCC2S(C)(=O)=O)ccc1N. The average molecular weight is 330 g/mol. The molecule has 116 valence electrons. The summed E-state index contributed by atoms with van der Waals surface area (Å²) in [4.78, 5) is 14.0. The van der Waals surface area contributed by atoms with Gasteiger partial charge in [0.15, 0.2) is 9.84 Å². The van der Waals surface area contributed by atoms with E-state index in [9.17, 15) is 13.2 Å². The van der Waals surface area contributed by atoms with Crippen LogP contribution >= 0.6 is 11.8 Å². The Hall–Kier alpha value is -1.41. The van der Waals surface area contributed by atoms with Crippen molar-refractivity contribution in [3.8, 4) is 5.75 Å². The van der Waals surface area contributed by atoms with E-state index in [1.54, 1.807) is 18.2 Å². The van der Waals surface area contributed by atoms with E-state index in [-0.39, 0.29) is 5.91 Å². The molecule has 21 heavy (non-hydrogen) atoms. The van der Waals surface area contributed by atoms with Gasteiger partial charge in [0.1, 0.15) is 11.1 Å². The van der Waals surface area contributed by atoms with Crippen LogP contribution in [0.3, 0.4) is 0 Å². The van der Waals surface area contributed by atoms with E-state index in [0.717, 1.165) is 12.0 Å². The minimum Gasteiger partial charge on any atom is -0.495 e. The summed E-state index contributed by atoms with van der Waals surface area (Å²) in [5, 5.41) is -0.785. The molecule has 8 heteroatoms. The molecule has 0 spiro atoms. The van der Waals surface area contributed by atoms with Gasteiger partial charge in [0, 0.05) is 29.9 Å². The number of nitrogens with zero attached hydrogens (tertiary/aromatic N) is 1. The number of hydrogen-bond acceptors (Lipinski definition) is 6. The zero-order valence-corrected chi connectivity index (χ0v) is 13.5. The molecule has 1 unspecified atom stereocenters. The second-order valence-corrected chi connectivity index (χ2v) is 8.17. The Labute approximate surface area is 128 Å². The first kappa shape index (κ1) is 16.0. The van der Waals surface area contributed by atoms with Crippen molar-refractivity contribution < 1.29 is 17.9 Å². The maximum absolute atomic E-state index is 12.6. The van der Waals surface area contributed by atoms with Gasteiger partial charge < -0.3 is 15.4 Å². The number of ether oxygens (including phenoxy) is 1. The summed E-state index contributed by atoms with van der Waals surface area (Å²) in [6, 6.07) is 4.71. The summed E-state index contributed by atoms with van der Waals surface area (Å²) < 4.78 is 28.8. The Bertz CT molecular complexity index is 646. The molecule has 0 aliphatic carbocycles. The van der Waals surface area contributed by atoms with Crippen molar-refractivity contribution in [2.75, 3.05) is 37.1 Å². The van der Waals surface area contributed by atoms with Gasteiger partial charge in [-0.3, -0.25) is 4.79 Å². The number of carbonyl (C=O) groups excluding carboxylic acids is 1. The van der Waals surface area contributed by atoms with Crippen molar-refractivity contribution >= 4 is 33.2 Å². The minimum atomic E-state index is -3.32. The summed E-state index contributed by atoms with van der Waals surface area (Å²) in [7, 11) is -1.85. The highest BCUT2D eigenvalue weighted by molar-refractivity contribution is 8.00. The van der Waals surface area contributed by atoms with Crippen molar-refractivity contribution in [2.45, 2.75) is 5.37 Å². The molecular formula is C13H18N2O4S2. The number of anilines is 1. The first-order chi connectivity index (χ1) is 9.84. The lowest BCUT2D eigenvalue weighted by Crippen LogP contribution is -2.49. The number of amides is 1. The van der Waals surface area contributed by atoms with Crippen molar-refractivity contribution in [1.82, 2.24) is 4.90 Å². The van der Waals surface area contributed by atoms with Gasteiger partial charge in [-0.1, -0.05) is 0 Å². The first-order valence-corrected chi connectivity index (χ1v) is 9.46. The van der Waals surface area contributed by atoms with Gasteiger partial charge >= 0.3 is 0 Å². The molecule has 6 nitrogen and oxygen atoms in total. The van der Waals surface area contributed by atoms with E-state index in [4.69, 9.17) is 10.5 Å². The largest absolute Gasteiger partial charge is 0.495 e. The molecule has 2 N–H and O–H groups in total. The Kier molecular flexibility index (Phi) is 4.67. The topological polar surface area (TPSA) is 89.7 Å². The van der Waals surface area contributed by atoms with Crippen molar-refractivity contribution in [3.63, 3.8) is 0 Å². The molecular weight excluding hydrogens is 312 g/mol. The molecule has 0 radical (unpaired) electrons. The van der Waals surface area contributed by atoms with Crippen LogP contribution in [0.4, 0.5) is 5.69 Å². The number of benzene rings is 1. The normalized spacial score (nSPS) is 19.3. The van der Waals surface area contributed by atoms with Gasteiger partial charge in [0.25, 0.3) is 5.91 Å². The fraction of sp³-hybridized carbons (Fsp3) is 0.462. The first-order valence-electron chi connectivity index (χ1n) is 6.35. The molecule has 0 bridgehead atoms. The number of thioether (sulfide) groups is 1. The van der Waals surface area contributed by atoms with Crippen LogP contribution in [0.25, 0.3) is 0 Å². The number of nitrogens with two attached hydrogens (primary N) is 1. The Morgan fingerprint density at radius 1 is 1.48 bits per heavy atom. The highest BCUT2D eigenvalue weighted by Crippen LogP contribution is 2.26. The van der Waals surface area contributed by atoms with Crippen molar-refractivity contribution in [3.05, 3.63) is 23.8 Å². The van der Waals surface area contributed by atoms with E-state index in [1.165, 1.54) is 23.8 Å². The second kappa shape index (κ2) is 6.15. The molecule has 1 aliphatic heterocycles. The fourth-order valence-electron chi connectivity index (χ4n) is 2.18. The molecule has 1 aromatic rings. The number of carbonyl (C=O) groups is 1. The molecule has 1 saturated heterocycles. The Morgan fingerprint density at radius 2 is 2.19 bits per heavy atom. The van der Waals surface area contributed by atoms with Gasteiger partial charge in [-0.25, -0.2) is 8.42 Å². The van der Waals surface area contributed by atoms with Crippen LogP contribution in [0.15, 0.2) is 18.2 Å². The molecule has 1 atom stereocenters. The third-order valence-corrected chi connectivity index (χ3v) is 5.96. The van der Waals surface area contributed by atoms with Crippen LogP contribution in [-0.4, -0.2) is 56.0 Å². The van der Waals surface area contributed by atoms with Gasteiger partial charge in [0.05, 0.1) is 12.8 Å². The quantitative estimate of drug-likeness (QED) is 0.826. The van der Waals surface area contributed by atoms with Gasteiger partial charge in [-0.05, 0) is 18.2 Å². The highest BCUT2D eigenvalue weighted by Gasteiger charge is 2.34. The number of sulfone groups is 1. The zero-order valence-electron chi connectivity index (χ0n) is 11.9. The van der Waals surface area contributed by atoms with Gasteiger partial charge in [-0.15, -0.1) is 0 Å². The highest BCUT2D eigenvalue weighted by atomic mass is 32.2. The summed E-state index contributed by atoms with van der Waals surface area (Å²) in [5.74, 6) is 1.22. The molecule has 1 aromatic carbocycles. The third-order valence-electron chi connectivity index (χ3n) is 3.32. The lowest BCUT2D eigenvalue weighted by molar-refractivity contribution is 0.0749. The monoisotopic (exact) mass is 330 g/mol. The smallest absolute Gasteiger partial charge is 0.255 e. The number of rotatable bonds is 3. The van der Waals surface area contributed by atoms with E-state index in [1.807, 2.05) is 0 Å². The number of nitrogen functional groups attached to an aromatic ring is 1. The van der Waals surface area contributed by atoms with Crippen LogP contribution in [0.2, 0.25) is 0 Å². The van der Waals surface area contributed by atoms with E-state index in [0.29, 0.717) is 29.3 Å². The van der Waals surface area contributed by atoms with Crippen molar-refractivity contribution in [1.29, 1.82) is 0 Å². The standard InChI is InChI=1S/C13H18N2O4S2/c1-19-11-7-9(3-4-10(11)14)13(16)15-5-6-20-8-12(15)21(2,17)18/h3-4,7,12H,5-6,8,14H2,1-2H3. The predicted octanol–water partition coefficient (Wildman–Crippen LogP) is 0.837. The number of methoxy groups -OCH3 is 1. The Morgan fingerprint density at radius 3 is 2.81 bits per heavy atom. The molecule has 1 fully saturated rings. The minimum absolute atomic E-state index is 0.316. The summed E-state index contributed by atoms with van der Waals surface area (Å²) in [5.41, 5.74) is 6.54. The Balaban J connectivity index is 2.33. The van der Waals surface area contributed by atoms with Gasteiger partial charge in [0.2, 0.25) is 0 Å². The van der Waals surface area contributed by atoms with E-state index >= 15 is 0 Å². The molecule has 0 saturated carbocycles. The average Bonchev–Trinajstić information content (AvgIpc) is 2.46. The maximum atomic E-state index is 12.6. The molecule has 1 heterocycles. The maximum Gasteiger partial charge on any atom is 0.255 e. The molecule has 1 aliphatic rings. The van der Waals surface area contributed by atoms with Crippen LogP contribution in [0.5, 0.6) is 5.75 Å². The zero-order chi connectivity index (χ0) is 15.6. The summed E-state index contributed by atoms with van der Waals surface area (Å²) >= 11 is 1.54. The van der Waals surface area contributed by atoms with Crippen LogP contribution < -0.4 is 10.5 Å². The van der Waals surface area contributed by atoms with Crippen LogP contribution in [0, 0.1) is 0 Å². The fourth-order valence-corrected chi connectivity index (χ4v) is 4.99. The lowest BCUT2D eigenvalue weighted by Gasteiger charge is -2.34. The molecule has 1 amide bonds. The molecule has 2 rings (SSSR count). The van der Waals surface area contributed by atoms with E-state index < -0.39 is 15.2 Å². The third kappa shape index (κ3) is 3.44. The van der Waals surface area contributed by atoms with Crippen molar-refractivity contribution in [2.24, 2.45) is 0 Å². The predicted molar refractivity (Wildman–Crippen MR) is 84.4 cm³/mol. The van der Waals surface area contributed by atoms with Crippen LogP contribution in [0.1, 0.15) is 10.4 Å². The number of hydrogen-bond donors (Lipinski definition) is 1. The van der Waals surface area contributed by atoms with Crippen LogP contribution in [-0.2, 0) is 9.84 Å². The molecule has 0 aromatic heterocycles. The summed E-state index contributed by atoms with van der Waals surface area (Å²) in [6.07, 6.45) is 1.16. The van der Waals surface area contributed by atoms with Gasteiger partial charge in [-0.2, -0.15) is 11.8 Å². The van der Waals surface area contributed by atoms with E-state index in [2.05, 4.69) is 0 Å². The summed E-state index contributed by atoms with van der Waals surface area (Å²) in [6.45, 7) is 0.411. The second-order valence-electron chi connectivity index (χ2n) is 4.81.